The van der Waals surface area contributed by atoms with Crippen LogP contribution < -0.4 is 5.32 Å². The summed E-state index contributed by atoms with van der Waals surface area (Å²) in [4.78, 5) is 11.6. The van der Waals surface area contributed by atoms with Crippen molar-refractivity contribution in [3.63, 3.8) is 0 Å². The van der Waals surface area contributed by atoms with Crippen molar-refractivity contribution in [3.05, 3.63) is 65.8 Å². The number of nitrogens with one attached hydrogen (secondary N) is 1. The van der Waals surface area contributed by atoms with E-state index in [9.17, 15) is 4.79 Å². The van der Waals surface area contributed by atoms with Crippen LogP contribution in [0.1, 0.15) is 21.7 Å². The highest BCUT2D eigenvalue weighted by Crippen LogP contribution is 2.14. The van der Waals surface area contributed by atoms with Crippen molar-refractivity contribution in [2.45, 2.75) is 13.8 Å². The van der Waals surface area contributed by atoms with E-state index in [1.54, 1.807) is 18.3 Å². The Balaban J connectivity index is 1.99. The molecule has 0 aliphatic carbocycles. The van der Waals surface area contributed by atoms with Gasteiger partial charge in [-0.3, -0.25) is 4.79 Å². The van der Waals surface area contributed by atoms with E-state index in [0.717, 1.165) is 5.69 Å². The van der Waals surface area contributed by atoms with Crippen LogP contribution in [0, 0.1) is 13.8 Å². The van der Waals surface area contributed by atoms with Crippen LogP contribution in [0.15, 0.2) is 53.3 Å². The molecular weight excluding hydrogens is 226 g/mol. The van der Waals surface area contributed by atoms with Gasteiger partial charge >= 0.3 is 0 Å². The monoisotopic (exact) mass is 241 g/mol. The van der Waals surface area contributed by atoms with Crippen LogP contribution in [0.4, 0.5) is 5.69 Å². The molecule has 0 aliphatic rings. The third kappa shape index (κ3) is 2.88. The summed E-state index contributed by atoms with van der Waals surface area (Å²) in [6, 6.07) is 9.39. The molecule has 3 nitrogen and oxygen atoms in total. The number of furan rings is 1. The molecule has 0 spiro atoms. The van der Waals surface area contributed by atoms with Crippen molar-refractivity contribution in [2.24, 2.45) is 0 Å². The Labute approximate surface area is 106 Å². The molecule has 0 saturated carbocycles. The minimum absolute atomic E-state index is 0.156. The molecule has 18 heavy (non-hydrogen) atoms. The first kappa shape index (κ1) is 12.2. The number of hydrogen-bond acceptors (Lipinski definition) is 3. The predicted octanol–water partition coefficient (Wildman–Crippen LogP) is 3.70. The second-order valence-corrected chi connectivity index (χ2v) is 4.12. The van der Waals surface area contributed by atoms with Gasteiger partial charge in [0.2, 0.25) is 5.78 Å². The molecule has 1 aromatic carbocycles. The van der Waals surface area contributed by atoms with E-state index < -0.39 is 0 Å². The number of benzene rings is 1. The number of anilines is 1. The zero-order valence-electron chi connectivity index (χ0n) is 10.4. The molecule has 0 unspecified atom stereocenters. The molecule has 0 radical (unpaired) electrons. The fourth-order valence-electron chi connectivity index (χ4n) is 1.55. The van der Waals surface area contributed by atoms with Crippen LogP contribution in [-0.4, -0.2) is 5.78 Å². The number of carbonyl (C=O) groups excluding carboxylic acids is 1. The number of allylic oxidation sites excluding steroid dienone is 1. The Morgan fingerprint density at radius 1 is 1.22 bits per heavy atom. The van der Waals surface area contributed by atoms with Gasteiger partial charge in [-0.05, 0) is 49.2 Å². The Morgan fingerprint density at radius 2 is 2.06 bits per heavy atom. The van der Waals surface area contributed by atoms with E-state index in [-0.39, 0.29) is 5.78 Å². The first-order valence-corrected chi connectivity index (χ1v) is 5.75. The Hall–Kier alpha value is -2.29. The topological polar surface area (TPSA) is 42.2 Å². The van der Waals surface area contributed by atoms with Crippen LogP contribution >= 0.6 is 0 Å². The summed E-state index contributed by atoms with van der Waals surface area (Å²) in [5.41, 5.74) is 3.42. The summed E-state index contributed by atoms with van der Waals surface area (Å²) in [6.07, 6.45) is 4.56. The third-order valence-electron chi connectivity index (χ3n) is 2.76. The lowest BCUT2D eigenvalue weighted by Crippen LogP contribution is -1.94. The molecule has 1 heterocycles. The number of aryl methyl sites for hydroxylation is 2. The quantitative estimate of drug-likeness (QED) is 0.655. The lowest BCUT2D eigenvalue weighted by Gasteiger charge is -2.04. The van der Waals surface area contributed by atoms with Crippen LogP contribution in [0.5, 0.6) is 0 Å². The standard InChI is InChI=1S/C15H15NO2/c1-11-5-6-13(10-12(11)2)16-8-7-14(17)15-4-3-9-18-15/h3-10,16H,1-2H3/b8-7+. The van der Waals surface area contributed by atoms with E-state index >= 15 is 0 Å². The lowest BCUT2D eigenvalue weighted by atomic mass is 10.1. The zero-order chi connectivity index (χ0) is 13.0. The minimum atomic E-state index is -0.156. The fourth-order valence-corrected chi connectivity index (χ4v) is 1.55. The summed E-state index contributed by atoms with van der Waals surface area (Å²) in [5.74, 6) is 0.185. The lowest BCUT2D eigenvalue weighted by molar-refractivity contribution is 0.102. The average molecular weight is 241 g/mol. The molecule has 0 saturated heterocycles. The summed E-state index contributed by atoms with van der Waals surface area (Å²) < 4.78 is 5.00. The van der Waals surface area contributed by atoms with Gasteiger partial charge in [0.25, 0.3) is 0 Å². The van der Waals surface area contributed by atoms with E-state index in [0.29, 0.717) is 5.76 Å². The van der Waals surface area contributed by atoms with Crippen molar-refractivity contribution in [3.8, 4) is 0 Å². The maximum absolute atomic E-state index is 11.6. The van der Waals surface area contributed by atoms with Gasteiger partial charge in [0.05, 0.1) is 6.26 Å². The van der Waals surface area contributed by atoms with Crippen molar-refractivity contribution in [2.75, 3.05) is 5.32 Å². The Bertz CT molecular complexity index is 568. The Kier molecular flexibility index (Phi) is 3.63. The normalized spacial score (nSPS) is 10.8. The van der Waals surface area contributed by atoms with E-state index in [4.69, 9.17) is 4.42 Å². The number of rotatable bonds is 4. The van der Waals surface area contributed by atoms with Gasteiger partial charge in [-0.2, -0.15) is 0 Å². The van der Waals surface area contributed by atoms with Gasteiger partial charge in [-0.15, -0.1) is 0 Å². The first-order chi connectivity index (χ1) is 8.66. The first-order valence-electron chi connectivity index (χ1n) is 5.75. The van der Waals surface area contributed by atoms with Crippen molar-refractivity contribution < 1.29 is 9.21 Å². The number of ketones is 1. The third-order valence-corrected chi connectivity index (χ3v) is 2.76. The van der Waals surface area contributed by atoms with Gasteiger partial charge in [-0.25, -0.2) is 0 Å². The molecule has 0 fully saturated rings. The molecular formula is C15H15NO2. The molecule has 0 amide bonds. The van der Waals surface area contributed by atoms with E-state index in [1.807, 2.05) is 18.2 Å². The smallest absolute Gasteiger partial charge is 0.222 e. The predicted molar refractivity (Wildman–Crippen MR) is 71.7 cm³/mol. The second kappa shape index (κ2) is 5.36. The molecule has 2 aromatic rings. The van der Waals surface area contributed by atoms with Crippen LogP contribution in [0.3, 0.4) is 0 Å². The highest BCUT2D eigenvalue weighted by Gasteiger charge is 2.03. The molecule has 0 bridgehead atoms. The molecule has 2 rings (SSSR count). The second-order valence-electron chi connectivity index (χ2n) is 4.12. The van der Waals surface area contributed by atoms with Crippen molar-refractivity contribution in [1.29, 1.82) is 0 Å². The highest BCUT2D eigenvalue weighted by atomic mass is 16.3. The summed E-state index contributed by atoms with van der Waals surface area (Å²) >= 11 is 0. The van der Waals surface area contributed by atoms with Gasteiger partial charge < -0.3 is 9.73 Å². The maximum Gasteiger partial charge on any atom is 0.222 e. The van der Waals surface area contributed by atoms with Gasteiger partial charge in [0.15, 0.2) is 5.76 Å². The molecule has 92 valence electrons. The summed E-state index contributed by atoms with van der Waals surface area (Å²) in [5, 5.41) is 3.06. The summed E-state index contributed by atoms with van der Waals surface area (Å²) in [6.45, 7) is 4.12. The highest BCUT2D eigenvalue weighted by molar-refractivity contribution is 6.02. The van der Waals surface area contributed by atoms with Crippen LogP contribution in [-0.2, 0) is 0 Å². The largest absolute Gasteiger partial charge is 0.461 e. The maximum atomic E-state index is 11.6. The van der Waals surface area contributed by atoms with Crippen LogP contribution in [0.25, 0.3) is 0 Å². The molecule has 1 aromatic heterocycles. The minimum Gasteiger partial charge on any atom is -0.461 e. The zero-order valence-corrected chi connectivity index (χ0v) is 10.4. The van der Waals surface area contributed by atoms with Crippen LogP contribution in [0.2, 0.25) is 0 Å². The van der Waals surface area contributed by atoms with Crippen molar-refractivity contribution >= 4 is 11.5 Å². The Morgan fingerprint density at radius 3 is 2.72 bits per heavy atom. The fraction of sp³-hybridized carbons (Fsp3) is 0.133. The molecule has 1 N–H and O–H groups in total. The number of hydrogen-bond donors (Lipinski definition) is 1. The van der Waals surface area contributed by atoms with Crippen molar-refractivity contribution in [1.82, 2.24) is 0 Å². The molecule has 3 heteroatoms. The van der Waals surface area contributed by atoms with Gasteiger partial charge in [-0.1, -0.05) is 6.07 Å². The van der Waals surface area contributed by atoms with Gasteiger partial charge in [0.1, 0.15) is 0 Å². The number of carbonyl (C=O) groups is 1. The van der Waals surface area contributed by atoms with E-state index in [2.05, 4.69) is 19.2 Å². The molecule has 0 atom stereocenters. The van der Waals surface area contributed by atoms with E-state index in [1.165, 1.54) is 23.5 Å². The van der Waals surface area contributed by atoms with Gasteiger partial charge in [0, 0.05) is 18.0 Å². The average Bonchev–Trinajstić information content (AvgIpc) is 2.87. The SMILES string of the molecule is Cc1ccc(N/C=C/C(=O)c2ccco2)cc1C. The molecule has 0 aliphatic heterocycles. The summed E-state index contributed by atoms with van der Waals surface area (Å²) in [7, 11) is 0.